The standard InChI is InChI=1S/C16H16N4S/c1-10-8-21-15-14(10)18-9-19-16(15)20-12-4-5-13-11(7-12)3-2-6-17-13/h4-5,7-9,17H,2-3,6H2,1H3,(H,18,19,20). The van der Waals surface area contributed by atoms with Gasteiger partial charge in [-0.3, -0.25) is 0 Å². The predicted octanol–water partition coefficient (Wildman–Crippen LogP) is 4.10. The van der Waals surface area contributed by atoms with Crippen molar-refractivity contribution in [3.63, 3.8) is 0 Å². The maximum atomic E-state index is 4.40. The molecule has 1 aromatic carbocycles. The van der Waals surface area contributed by atoms with Gasteiger partial charge in [-0.25, -0.2) is 9.97 Å². The van der Waals surface area contributed by atoms with E-state index in [1.54, 1.807) is 17.7 Å². The van der Waals surface area contributed by atoms with Crippen molar-refractivity contribution in [1.82, 2.24) is 9.97 Å². The minimum absolute atomic E-state index is 0.891. The van der Waals surface area contributed by atoms with E-state index >= 15 is 0 Å². The van der Waals surface area contributed by atoms with Gasteiger partial charge < -0.3 is 10.6 Å². The number of nitrogens with one attached hydrogen (secondary N) is 2. The number of aryl methyl sites for hydroxylation is 2. The van der Waals surface area contributed by atoms with E-state index in [1.807, 2.05) is 0 Å². The summed E-state index contributed by atoms with van der Waals surface area (Å²) in [5.74, 6) is 0.891. The smallest absolute Gasteiger partial charge is 0.151 e. The van der Waals surface area contributed by atoms with E-state index in [0.717, 1.165) is 34.7 Å². The molecule has 0 unspecified atom stereocenters. The Morgan fingerprint density at radius 2 is 2.24 bits per heavy atom. The fourth-order valence-corrected chi connectivity index (χ4v) is 3.69. The van der Waals surface area contributed by atoms with Crippen molar-refractivity contribution in [3.05, 3.63) is 41.0 Å². The number of benzene rings is 1. The van der Waals surface area contributed by atoms with Crippen LogP contribution in [0.5, 0.6) is 0 Å². The van der Waals surface area contributed by atoms with Crippen LogP contribution < -0.4 is 10.6 Å². The number of thiophene rings is 1. The van der Waals surface area contributed by atoms with E-state index in [4.69, 9.17) is 0 Å². The minimum atomic E-state index is 0.891. The second-order valence-electron chi connectivity index (χ2n) is 5.35. The number of aromatic nitrogens is 2. The summed E-state index contributed by atoms with van der Waals surface area (Å²) in [6, 6.07) is 6.47. The first-order valence-corrected chi connectivity index (χ1v) is 8.02. The summed E-state index contributed by atoms with van der Waals surface area (Å²) in [5.41, 5.74) is 5.96. The van der Waals surface area contributed by atoms with Crippen LogP contribution in [0.25, 0.3) is 10.2 Å². The van der Waals surface area contributed by atoms with Gasteiger partial charge in [0.2, 0.25) is 0 Å². The molecule has 1 aliphatic heterocycles. The first-order valence-electron chi connectivity index (χ1n) is 7.14. The molecule has 4 rings (SSSR count). The molecular formula is C16H16N4S. The number of hydrogen-bond donors (Lipinski definition) is 2. The topological polar surface area (TPSA) is 49.8 Å². The molecule has 5 heteroatoms. The van der Waals surface area contributed by atoms with Crippen molar-refractivity contribution in [2.24, 2.45) is 0 Å². The molecule has 0 saturated carbocycles. The Balaban J connectivity index is 1.71. The monoisotopic (exact) mass is 296 g/mol. The highest BCUT2D eigenvalue weighted by Crippen LogP contribution is 2.32. The van der Waals surface area contributed by atoms with E-state index in [0.29, 0.717) is 0 Å². The molecule has 0 aliphatic carbocycles. The van der Waals surface area contributed by atoms with Gasteiger partial charge in [0, 0.05) is 17.9 Å². The van der Waals surface area contributed by atoms with Gasteiger partial charge in [0.25, 0.3) is 0 Å². The van der Waals surface area contributed by atoms with Crippen LogP contribution in [0, 0.1) is 6.92 Å². The molecule has 0 bridgehead atoms. The Morgan fingerprint density at radius 3 is 3.19 bits per heavy atom. The molecule has 0 amide bonds. The van der Waals surface area contributed by atoms with Crippen LogP contribution in [-0.4, -0.2) is 16.5 Å². The predicted molar refractivity (Wildman–Crippen MR) is 88.7 cm³/mol. The number of hydrogen-bond acceptors (Lipinski definition) is 5. The van der Waals surface area contributed by atoms with Gasteiger partial charge in [0.15, 0.2) is 5.82 Å². The normalized spacial score (nSPS) is 13.8. The second kappa shape index (κ2) is 5.00. The third kappa shape index (κ3) is 2.23. The van der Waals surface area contributed by atoms with E-state index in [2.05, 4.69) is 51.1 Å². The lowest BCUT2D eigenvalue weighted by Crippen LogP contribution is -2.11. The van der Waals surface area contributed by atoms with Crippen molar-refractivity contribution in [3.8, 4) is 0 Å². The van der Waals surface area contributed by atoms with Crippen molar-refractivity contribution in [1.29, 1.82) is 0 Å². The molecule has 21 heavy (non-hydrogen) atoms. The summed E-state index contributed by atoms with van der Waals surface area (Å²) in [6.07, 6.45) is 3.96. The molecule has 1 aliphatic rings. The SMILES string of the molecule is Cc1csc2c(Nc3ccc4c(c3)CCCN4)ncnc12. The Bertz CT molecular complexity index is 809. The molecule has 2 N–H and O–H groups in total. The molecule has 0 atom stereocenters. The highest BCUT2D eigenvalue weighted by molar-refractivity contribution is 7.18. The van der Waals surface area contributed by atoms with Crippen LogP contribution >= 0.6 is 11.3 Å². The van der Waals surface area contributed by atoms with Crippen LogP contribution in [0.1, 0.15) is 17.5 Å². The maximum Gasteiger partial charge on any atom is 0.151 e. The minimum Gasteiger partial charge on any atom is -0.385 e. The zero-order valence-corrected chi connectivity index (χ0v) is 12.6. The highest BCUT2D eigenvalue weighted by Gasteiger charge is 2.11. The van der Waals surface area contributed by atoms with Crippen molar-refractivity contribution < 1.29 is 0 Å². The van der Waals surface area contributed by atoms with E-state index < -0.39 is 0 Å². The largest absolute Gasteiger partial charge is 0.385 e. The van der Waals surface area contributed by atoms with Crippen LogP contribution in [0.15, 0.2) is 29.9 Å². The van der Waals surface area contributed by atoms with E-state index in [-0.39, 0.29) is 0 Å². The molecule has 0 radical (unpaired) electrons. The Hall–Kier alpha value is -2.14. The molecule has 0 fully saturated rings. The number of fused-ring (bicyclic) bond motifs is 2. The molecule has 0 saturated heterocycles. The van der Waals surface area contributed by atoms with E-state index in [9.17, 15) is 0 Å². The Kier molecular flexibility index (Phi) is 3.00. The summed E-state index contributed by atoms with van der Waals surface area (Å²) in [5, 5.41) is 9.00. The highest BCUT2D eigenvalue weighted by atomic mass is 32.1. The van der Waals surface area contributed by atoms with Crippen molar-refractivity contribution in [2.75, 3.05) is 17.2 Å². The Morgan fingerprint density at radius 1 is 1.29 bits per heavy atom. The number of nitrogens with zero attached hydrogens (tertiary/aromatic N) is 2. The lowest BCUT2D eigenvalue weighted by Gasteiger charge is -2.19. The zero-order chi connectivity index (χ0) is 14.2. The third-order valence-corrected chi connectivity index (χ3v) is 4.93. The zero-order valence-electron chi connectivity index (χ0n) is 11.8. The Labute approximate surface area is 127 Å². The molecule has 106 valence electrons. The molecule has 3 heterocycles. The third-order valence-electron chi connectivity index (χ3n) is 3.84. The molecule has 4 nitrogen and oxygen atoms in total. The average Bonchev–Trinajstić information content (AvgIpc) is 2.90. The van der Waals surface area contributed by atoms with Gasteiger partial charge in [0.05, 0.1) is 10.2 Å². The van der Waals surface area contributed by atoms with Crippen molar-refractivity contribution >= 4 is 38.7 Å². The molecule has 2 aromatic heterocycles. The van der Waals surface area contributed by atoms with Crippen LogP contribution in [0.3, 0.4) is 0 Å². The molecule has 3 aromatic rings. The molecular weight excluding hydrogens is 280 g/mol. The van der Waals surface area contributed by atoms with Crippen LogP contribution in [0.2, 0.25) is 0 Å². The lowest BCUT2D eigenvalue weighted by molar-refractivity contribution is 0.830. The van der Waals surface area contributed by atoms with Gasteiger partial charge in [-0.15, -0.1) is 11.3 Å². The van der Waals surface area contributed by atoms with Crippen LogP contribution in [0.4, 0.5) is 17.2 Å². The first-order chi connectivity index (χ1) is 10.3. The maximum absolute atomic E-state index is 4.40. The van der Waals surface area contributed by atoms with Crippen molar-refractivity contribution in [2.45, 2.75) is 19.8 Å². The molecule has 0 spiro atoms. The van der Waals surface area contributed by atoms with Gasteiger partial charge in [-0.2, -0.15) is 0 Å². The first kappa shape index (κ1) is 12.6. The van der Waals surface area contributed by atoms with Crippen LogP contribution in [-0.2, 0) is 6.42 Å². The fourth-order valence-electron chi connectivity index (χ4n) is 2.75. The summed E-state index contributed by atoms with van der Waals surface area (Å²) in [4.78, 5) is 8.76. The summed E-state index contributed by atoms with van der Waals surface area (Å²) in [7, 11) is 0. The van der Waals surface area contributed by atoms with Gasteiger partial charge in [-0.1, -0.05) is 0 Å². The van der Waals surface area contributed by atoms with Gasteiger partial charge >= 0.3 is 0 Å². The lowest BCUT2D eigenvalue weighted by atomic mass is 10.0. The second-order valence-corrected chi connectivity index (χ2v) is 6.23. The summed E-state index contributed by atoms with van der Waals surface area (Å²) < 4.78 is 1.12. The number of rotatable bonds is 2. The summed E-state index contributed by atoms with van der Waals surface area (Å²) >= 11 is 1.69. The fraction of sp³-hybridized carbons (Fsp3) is 0.250. The number of anilines is 3. The summed E-state index contributed by atoms with van der Waals surface area (Å²) in [6.45, 7) is 3.15. The average molecular weight is 296 g/mol. The van der Waals surface area contributed by atoms with E-state index in [1.165, 1.54) is 23.2 Å². The van der Waals surface area contributed by atoms with Gasteiger partial charge in [-0.05, 0) is 54.5 Å². The van der Waals surface area contributed by atoms with Gasteiger partial charge in [0.1, 0.15) is 6.33 Å². The quantitative estimate of drug-likeness (QED) is 0.747.